The maximum atomic E-state index is 11.0. The summed E-state index contributed by atoms with van der Waals surface area (Å²) >= 11 is 0. The minimum atomic E-state index is -0.491. The minimum Gasteiger partial charge on any atom is -0.349 e. The van der Waals surface area contributed by atoms with Gasteiger partial charge >= 0.3 is 5.69 Å². The predicted molar refractivity (Wildman–Crippen MR) is 97.0 cm³/mol. The molecule has 0 unspecified atom stereocenters. The van der Waals surface area contributed by atoms with E-state index >= 15 is 0 Å². The Kier molecular flexibility index (Phi) is 4.80. The first kappa shape index (κ1) is 16.3. The molecule has 0 atom stereocenters. The van der Waals surface area contributed by atoms with Gasteiger partial charge in [-0.3, -0.25) is 15.1 Å². The highest BCUT2D eigenvalue weighted by atomic mass is 16.6. The third-order valence-electron chi connectivity index (χ3n) is 3.52. The van der Waals surface area contributed by atoms with Crippen LogP contribution in [-0.4, -0.2) is 16.3 Å². The van der Waals surface area contributed by atoms with Crippen LogP contribution in [0.2, 0.25) is 0 Å². The Bertz CT molecular complexity index is 926. The minimum absolute atomic E-state index is 0.108. The van der Waals surface area contributed by atoms with E-state index in [1.807, 2.05) is 54.6 Å². The molecule has 0 fully saturated rings. The molecule has 0 N–H and O–H groups in total. The van der Waals surface area contributed by atoms with E-state index in [0.29, 0.717) is 0 Å². The van der Waals surface area contributed by atoms with Crippen LogP contribution in [0.3, 0.4) is 0 Å². The van der Waals surface area contributed by atoms with E-state index in [-0.39, 0.29) is 17.1 Å². The maximum absolute atomic E-state index is 11.0. The predicted octanol–water partition coefficient (Wildman–Crippen LogP) is 4.81. The van der Waals surface area contributed by atoms with Gasteiger partial charge in [0.25, 0.3) is 0 Å². The third-order valence-corrected chi connectivity index (χ3v) is 3.52. The summed E-state index contributed by atoms with van der Waals surface area (Å²) in [6, 6.07) is 17.3. The summed E-state index contributed by atoms with van der Waals surface area (Å²) in [5.41, 5.74) is 2.89. The zero-order valence-corrected chi connectivity index (χ0v) is 13.5. The van der Waals surface area contributed by atoms with Crippen molar-refractivity contribution in [2.75, 3.05) is 0 Å². The molecule has 0 aliphatic heterocycles. The van der Waals surface area contributed by atoms with Gasteiger partial charge in [0.05, 0.1) is 10.6 Å². The maximum Gasteiger partial charge on any atom is 0.338 e. The SMILES string of the molecule is Cc1noc(C=Cc2ccc(C=Nc3ccccc3)cc2)c1[N+](=O)[O-]. The zero-order chi connectivity index (χ0) is 17.6. The second-order valence-electron chi connectivity index (χ2n) is 5.33. The summed E-state index contributed by atoms with van der Waals surface area (Å²) in [7, 11) is 0. The summed E-state index contributed by atoms with van der Waals surface area (Å²) in [6.45, 7) is 1.54. The molecule has 0 saturated carbocycles. The van der Waals surface area contributed by atoms with Gasteiger partial charge in [-0.15, -0.1) is 0 Å². The fourth-order valence-electron chi connectivity index (χ4n) is 2.24. The van der Waals surface area contributed by atoms with Gasteiger partial charge in [0.2, 0.25) is 5.76 Å². The van der Waals surface area contributed by atoms with Crippen molar-refractivity contribution in [3.63, 3.8) is 0 Å². The van der Waals surface area contributed by atoms with Crippen molar-refractivity contribution in [1.82, 2.24) is 5.16 Å². The Morgan fingerprint density at radius 1 is 1.04 bits per heavy atom. The molecule has 124 valence electrons. The fraction of sp³-hybridized carbons (Fsp3) is 0.0526. The lowest BCUT2D eigenvalue weighted by atomic mass is 10.1. The number of aliphatic imine (C=N–C) groups is 1. The van der Waals surface area contributed by atoms with E-state index < -0.39 is 4.92 Å². The molecule has 2 aromatic carbocycles. The quantitative estimate of drug-likeness (QED) is 0.381. The molecular formula is C19H15N3O3. The van der Waals surface area contributed by atoms with Crippen LogP contribution in [0, 0.1) is 17.0 Å². The highest BCUT2D eigenvalue weighted by Gasteiger charge is 2.21. The van der Waals surface area contributed by atoms with Crippen LogP contribution in [0.1, 0.15) is 22.6 Å². The van der Waals surface area contributed by atoms with Crippen LogP contribution >= 0.6 is 0 Å². The smallest absolute Gasteiger partial charge is 0.338 e. The first-order valence-electron chi connectivity index (χ1n) is 7.61. The van der Waals surface area contributed by atoms with Gasteiger partial charge in [0, 0.05) is 6.21 Å². The van der Waals surface area contributed by atoms with Crippen LogP contribution < -0.4 is 0 Å². The number of hydrogen-bond acceptors (Lipinski definition) is 5. The van der Waals surface area contributed by atoms with Gasteiger partial charge in [-0.1, -0.05) is 53.7 Å². The standard InChI is InChI=1S/C19H15N3O3/c1-14-19(22(23)24)18(25-21-14)12-11-15-7-9-16(10-8-15)13-20-17-5-3-2-4-6-17/h2-13H,1H3. The van der Waals surface area contributed by atoms with E-state index in [4.69, 9.17) is 4.52 Å². The number of aromatic nitrogens is 1. The molecule has 6 nitrogen and oxygen atoms in total. The van der Waals surface area contributed by atoms with Crippen LogP contribution in [0.5, 0.6) is 0 Å². The van der Waals surface area contributed by atoms with Crippen LogP contribution in [0.4, 0.5) is 11.4 Å². The molecule has 3 rings (SSSR count). The molecule has 1 heterocycles. The molecule has 0 amide bonds. The van der Waals surface area contributed by atoms with Gasteiger partial charge < -0.3 is 4.52 Å². The van der Waals surface area contributed by atoms with Crippen molar-refractivity contribution in [1.29, 1.82) is 0 Å². The lowest BCUT2D eigenvalue weighted by Gasteiger charge is -1.96. The number of para-hydroxylation sites is 1. The highest BCUT2D eigenvalue weighted by Crippen LogP contribution is 2.24. The molecule has 0 saturated heterocycles. The second-order valence-corrected chi connectivity index (χ2v) is 5.33. The van der Waals surface area contributed by atoms with Gasteiger partial charge in [-0.05, 0) is 36.3 Å². The monoisotopic (exact) mass is 333 g/mol. The second kappa shape index (κ2) is 7.35. The number of rotatable bonds is 5. The van der Waals surface area contributed by atoms with Crippen LogP contribution in [0.15, 0.2) is 64.1 Å². The number of aryl methyl sites for hydroxylation is 1. The zero-order valence-electron chi connectivity index (χ0n) is 13.5. The van der Waals surface area contributed by atoms with Crippen molar-refractivity contribution in [2.45, 2.75) is 6.92 Å². The molecular weight excluding hydrogens is 318 g/mol. The fourth-order valence-corrected chi connectivity index (χ4v) is 2.24. The van der Waals surface area contributed by atoms with Crippen molar-refractivity contribution >= 4 is 29.7 Å². The summed E-state index contributed by atoms with van der Waals surface area (Å²) in [4.78, 5) is 14.9. The van der Waals surface area contributed by atoms with E-state index in [1.54, 1.807) is 25.3 Å². The van der Waals surface area contributed by atoms with Gasteiger partial charge in [-0.25, -0.2) is 0 Å². The summed E-state index contributed by atoms with van der Waals surface area (Å²) in [5, 5.41) is 14.6. The molecule has 25 heavy (non-hydrogen) atoms. The van der Waals surface area contributed by atoms with Gasteiger partial charge in [0.15, 0.2) is 5.69 Å². The van der Waals surface area contributed by atoms with Crippen molar-refractivity contribution < 1.29 is 9.45 Å². The van der Waals surface area contributed by atoms with Crippen molar-refractivity contribution in [2.24, 2.45) is 4.99 Å². The van der Waals surface area contributed by atoms with E-state index in [0.717, 1.165) is 16.8 Å². The highest BCUT2D eigenvalue weighted by molar-refractivity contribution is 5.82. The topological polar surface area (TPSA) is 81.5 Å². The first-order chi connectivity index (χ1) is 12.1. The van der Waals surface area contributed by atoms with Crippen molar-refractivity contribution in [3.8, 4) is 0 Å². The molecule has 0 spiro atoms. The van der Waals surface area contributed by atoms with E-state index in [9.17, 15) is 10.1 Å². The number of benzene rings is 2. The molecule has 3 aromatic rings. The number of hydrogen-bond donors (Lipinski definition) is 0. The average Bonchev–Trinajstić information content (AvgIpc) is 3.01. The Labute approximate surface area is 144 Å². The Balaban J connectivity index is 1.73. The lowest BCUT2D eigenvalue weighted by molar-refractivity contribution is -0.386. The average molecular weight is 333 g/mol. The molecule has 0 radical (unpaired) electrons. The van der Waals surface area contributed by atoms with Crippen LogP contribution in [0.25, 0.3) is 12.2 Å². The van der Waals surface area contributed by atoms with Crippen LogP contribution in [-0.2, 0) is 0 Å². The lowest BCUT2D eigenvalue weighted by Crippen LogP contribution is -1.90. The first-order valence-corrected chi connectivity index (χ1v) is 7.61. The van der Waals surface area contributed by atoms with Crippen molar-refractivity contribution in [3.05, 3.63) is 87.3 Å². The third kappa shape index (κ3) is 4.06. The Morgan fingerprint density at radius 3 is 2.40 bits per heavy atom. The number of nitrogens with zero attached hydrogens (tertiary/aromatic N) is 3. The molecule has 0 aliphatic carbocycles. The summed E-state index contributed by atoms with van der Waals surface area (Å²) in [5.74, 6) is 0.136. The number of nitro groups is 1. The largest absolute Gasteiger partial charge is 0.349 e. The molecule has 6 heteroatoms. The molecule has 0 bridgehead atoms. The molecule has 1 aromatic heterocycles. The normalized spacial score (nSPS) is 11.4. The molecule has 0 aliphatic rings. The Morgan fingerprint density at radius 2 is 1.72 bits per heavy atom. The van der Waals surface area contributed by atoms with E-state index in [1.165, 1.54) is 0 Å². The Hall–Kier alpha value is -3.54. The van der Waals surface area contributed by atoms with Gasteiger partial charge in [0.1, 0.15) is 0 Å². The van der Waals surface area contributed by atoms with E-state index in [2.05, 4.69) is 10.1 Å². The van der Waals surface area contributed by atoms with Gasteiger partial charge in [-0.2, -0.15) is 0 Å². The summed E-state index contributed by atoms with van der Waals surface area (Å²) in [6.07, 6.45) is 5.07. The summed E-state index contributed by atoms with van der Waals surface area (Å²) < 4.78 is 4.99.